The normalized spacial score (nSPS) is 13.4. The minimum Gasteiger partial charge on any atom is -0.479 e. The van der Waals surface area contributed by atoms with Gasteiger partial charge < -0.3 is 9.84 Å². The second kappa shape index (κ2) is 5.32. The smallest absolute Gasteiger partial charge is 0.333 e. The van der Waals surface area contributed by atoms with Crippen LogP contribution in [0.1, 0.15) is 31.9 Å². The molecule has 1 unspecified atom stereocenters. The second-order valence-corrected chi connectivity index (χ2v) is 5.22. The summed E-state index contributed by atoms with van der Waals surface area (Å²) < 4.78 is 4.94. The molecule has 1 aromatic rings. The van der Waals surface area contributed by atoms with Crippen LogP contribution in [0.25, 0.3) is 0 Å². The van der Waals surface area contributed by atoms with Crippen molar-refractivity contribution in [1.82, 2.24) is 0 Å². The van der Waals surface area contributed by atoms with Gasteiger partial charge in [0.2, 0.25) is 0 Å². The van der Waals surface area contributed by atoms with E-state index in [2.05, 4.69) is 32.9 Å². The van der Waals surface area contributed by atoms with Gasteiger partial charge in [0.1, 0.15) is 0 Å². The average molecular weight is 236 g/mol. The Hall–Kier alpha value is -1.35. The number of methoxy groups -OCH3 is 1. The van der Waals surface area contributed by atoms with Crippen LogP contribution in [0.2, 0.25) is 0 Å². The lowest BCUT2D eigenvalue weighted by atomic mass is 9.86. The van der Waals surface area contributed by atoms with Gasteiger partial charge >= 0.3 is 5.97 Å². The lowest BCUT2D eigenvalue weighted by Crippen LogP contribution is -2.25. The first-order valence-corrected chi connectivity index (χ1v) is 5.69. The van der Waals surface area contributed by atoms with Gasteiger partial charge in [0.15, 0.2) is 6.10 Å². The number of hydrogen-bond acceptors (Lipinski definition) is 2. The molecule has 0 spiro atoms. The van der Waals surface area contributed by atoms with Crippen LogP contribution < -0.4 is 0 Å². The van der Waals surface area contributed by atoms with Gasteiger partial charge in [-0.25, -0.2) is 4.79 Å². The summed E-state index contributed by atoms with van der Waals surface area (Å²) in [5, 5.41) is 8.94. The highest BCUT2D eigenvalue weighted by Crippen LogP contribution is 2.23. The molecule has 0 saturated heterocycles. The Bertz CT molecular complexity index is 391. The summed E-state index contributed by atoms with van der Waals surface area (Å²) in [6.45, 7) is 6.41. The summed E-state index contributed by atoms with van der Waals surface area (Å²) in [5.74, 6) is -0.923. The number of carbonyl (C=O) groups is 1. The van der Waals surface area contributed by atoms with E-state index in [-0.39, 0.29) is 5.41 Å². The predicted octanol–water partition coefficient (Wildman–Crippen LogP) is 2.63. The van der Waals surface area contributed by atoms with E-state index in [0.29, 0.717) is 6.42 Å². The fourth-order valence-electron chi connectivity index (χ4n) is 1.65. The number of ether oxygens (including phenoxy) is 1. The molecule has 3 heteroatoms. The minimum absolute atomic E-state index is 0.0712. The van der Waals surface area contributed by atoms with Crippen molar-refractivity contribution in [3.8, 4) is 0 Å². The summed E-state index contributed by atoms with van der Waals surface area (Å²) in [4.78, 5) is 10.9. The van der Waals surface area contributed by atoms with Gasteiger partial charge in [0, 0.05) is 13.5 Å². The fraction of sp³-hybridized carbons (Fsp3) is 0.500. The molecule has 0 radical (unpaired) electrons. The first kappa shape index (κ1) is 13.7. The number of aliphatic carboxylic acids is 1. The van der Waals surface area contributed by atoms with Crippen molar-refractivity contribution < 1.29 is 14.6 Å². The fourth-order valence-corrected chi connectivity index (χ4v) is 1.65. The quantitative estimate of drug-likeness (QED) is 0.874. The highest BCUT2D eigenvalue weighted by molar-refractivity contribution is 5.72. The molecule has 0 aliphatic carbocycles. The van der Waals surface area contributed by atoms with Crippen LogP contribution in [0.4, 0.5) is 0 Å². The maximum atomic E-state index is 10.9. The van der Waals surface area contributed by atoms with Crippen LogP contribution in [0.15, 0.2) is 24.3 Å². The highest BCUT2D eigenvalue weighted by Gasteiger charge is 2.18. The van der Waals surface area contributed by atoms with Gasteiger partial charge in [-0.05, 0) is 16.5 Å². The Balaban J connectivity index is 2.89. The first-order chi connectivity index (χ1) is 7.84. The van der Waals surface area contributed by atoms with E-state index in [9.17, 15) is 4.79 Å². The summed E-state index contributed by atoms with van der Waals surface area (Å²) in [5.41, 5.74) is 2.27. The number of carboxylic acids is 1. The van der Waals surface area contributed by atoms with E-state index in [4.69, 9.17) is 9.84 Å². The van der Waals surface area contributed by atoms with Crippen LogP contribution in [-0.2, 0) is 21.4 Å². The maximum Gasteiger partial charge on any atom is 0.333 e. The summed E-state index contributed by atoms with van der Waals surface area (Å²) >= 11 is 0. The molecule has 0 saturated carbocycles. The minimum atomic E-state index is -0.923. The molecule has 0 amide bonds. The molecule has 0 aromatic heterocycles. The predicted molar refractivity (Wildman–Crippen MR) is 67.3 cm³/mol. The molecule has 0 aliphatic heterocycles. The number of rotatable bonds is 4. The molecule has 1 rings (SSSR count). The first-order valence-electron chi connectivity index (χ1n) is 5.69. The number of carboxylic acid groups (broad SMARTS) is 1. The molecule has 1 atom stereocenters. The third kappa shape index (κ3) is 3.86. The molecule has 94 valence electrons. The molecule has 0 heterocycles. The Labute approximate surface area is 102 Å². The van der Waals surface area contributed by atoms with E-state index in [1.807, 2.05) is 12.1 Å². The van der Waals surface area contributed by atoms with E-state index in [1.165, 1.54) is 12.7 Å². The Morgan fingerprint density at radius 1 is 1.41 bits per heavy atom. The summed E-state index contributed by atoms with van der Waals surface area (Å²) in [6.07, 6.45) is -0.374. The van der Waals surface area contributed by atoms with Crippen LogP contribution in [0.3, 0.4) is 0 Å². The molecule has 3 nitrogen and oxygen atoms in total. The van der Waals surface area contributed by atoms with Crippen molar-refractivity contribution in [1.29, 1.82) is 0 Å². The summed E-state index contributed by atoms with van der Waals surface area (Å²) in [7, 11) is 1.42. The van der Waals surface area contributed by atoms with Crippen LogP contribution in [0.5, 0.6) is 0 Å². The zero-order valence-electron chi connectivity index (χ0n) is 10.9. The zero-order valence-corrected chi connectivity index (χ0v) is 10.9. The molecular weight excluding hydrogens is 216 g/mol. The molecule has 0 aliphatic rings. The van der Waals surface area contributed by atoms with E-state index < -0.39 is 12.1 Å². The Morgan fingerprint density at radius 3 is 2.53 bits per heavy atom. The molecule has 17 heavy (non-hydrogen) atoms. The van der Waals surface area contributed by atoms with Crippen molar-refractivity contribution in [3.63, 3.8) is 0 Å². The lowest BCUT2D eigenvalue weighted by molar-refractivity contribution is -0.148. The zero-order chi connectivity index (χ0) is 13.1. The van der Waals surface area contributed by atoms with Crippen molar-refractivity contribution in [3.05, 3.63) is 35.4 Å². The lowest BCUT2D eigenvalue weighted by Gasteiger charge is -2.20. The van der Waals surface area contributed by atoms with E-state index in [1.54, 1.807) is 0 Å². The van der Waals surface area contributed by atoms with Crippen molar-refractivity contribution in [2.75, 3.05) is 7.11 Å². The summed E-state index contributed by atoms with van der Waals surface area (Å²) in [6, 6.07) is 8.01. The number of benzene rings is 1. The monoisotopic (exact) mass is 236 g/mol. The number of hydrogen-bond donors (Lipinski definition) is 1. The van der Waals surface area contributed by atoms with Crippen molar-refractivity contribution in [2.45, 2.75) is 38.7 Å². The molecule has 0 bridgehead atoms. The third-order valence-electron chi connectivity index (χ3n) is 2.77. The SMILES string of the molecule is COC(Cc1cccc(C(C)(C)C)c1)C(=O)O. The Kier molecular flexibility index (Phi) is 4.29. The molecular formula is C14H20O3. The third-order valence-corrected chi connectivity index (χ3v) is 2.77. The van der Waals surface area contributed by atoms with Gasteiger partial charge in [-0.1, -0.05) is 45.0 Å². The molecule has 1 N–H and O–H groups in total. The van der Waals surface area contributed by atoms with Gasteiger partial charge in [0.25, 0.3) is 0 Å². The van der Waals surface area contributed by atoms with E-state index in [0.717, 1.165) is 5.56 Å². The molecule has 0 fully saturated rings. The highest BCUT2D eigenvalue weighted by atomic mass is 16.5. The van der Waals surface area contributed by atoms with Crippen LogP contribution >= 0.6 is 0 Å². The Morgan fingerprint density at radius 2 is 2.06 bits per heavy atom. The van der Waals surface area contributed by atoms with Gasteiger partial charge in [-0.3, -0.25) is 0 Å². The maximum absolute atomic E-state index is 10.9. The largest absolute Gasteiger partial charge is 0.479 e. The van der Waals surface area contributed by atoms with Gasteiger partial charge in [-0.15, -0.1) is 0 Å². The van der Waals surface area contributed by atoms with E-state index >= 15 is 0 Å². The van der Waals surface area contributed by atoms with Gasteiger partial charge in [0.05, 0.1) is 0 Å². The van der Waals surface area contributed by atoms with Gasteiger partial charge in [-0.2, -0.15) is 0 Å². The van der Waals surface area contributed by atoms with Crippen LogP contribution in [-0.4, -0.2) is 24.3 Å². The van der Waals surface area contributed by atoms with Crippen molar-refractivity contribution in [2.24, 2.45) is 0 Å². The topological polar surface area (TPSA) is 46.5 Å². The average Bonchev–Trinajstić information content (AvgIpc) is 2.24. The van der Waals surface area contributed by atoms with Crippen molar-refractivity contribution >= 4 is 5.97 Å². The molecule has 1 aromatic carbocycles. The second-order valence-electron chi connectivity index (χ2n) is 5.22. The standard InChI is InChI=1S/C14H20O3/c1-14(2,3)11-7-5-6-10(8-11)9-12(17-4)13(15)16/h5-8,12H,9H2,1-4H3,(H,15,16). The van der Waals surface area contributed by atoms with Crippen LogP contribution in [0, 0.1) is 0 Å².